The van der Waals surface area contributed by atoms with Gasteiger partial charge in [0, 0.05) is 19.2 Å². The number of aliphatic hydroxyl groups excluding tert-OH is 1. The molecule has 1 aromatic heterocycles. The largest absolute Gasteiger partial charge is 0.480 e. The molecule has 6 heteroatoms. The maximum Gasteiger partial charge on any atom is 0.326 e. The van der Waals surface area contributed by atoms with Crippen LogP contribution in [0.5, 0.6) is 0 Å². The Kier molecular flexibility index (Phi) is 3.87. The van der Waals surface area contributed by atoms with Crippen LogP contribution >= 0.6 is 0 Å². The number of amides is 1. The van der Waals surface area contributed by atoms with E-state index in [1.54, 1.807) is 12.3 Å². The average Bonchev–Trinajstić information content (AvgIpc) is 2.69. The van der Waals surface area contributed by atoms with Gasteiger partial charge in [0.25, 0.3) is 5.91 Å². The van der Waals surface area contributed by atoms with Crippen LogP contribution in [0.15, 0.2) is 18.3 Å². The number of rotatable bonds is 5. The van der Waals surface area contributed by atoms with E-state index in [0.29, 0.717) is 5.69 Å². The topological polar surface area (TPSA) is 102 Å². The van der Waals surface area contributed by atoms with Crippen LogP contribution in [0, 0.1) is 0 Å². The molecule has 1 atom stereocenters. The molecule has 0 bridgehead atoms. The summed E-state index contributed by atoms with van der Waals surface area (Å²) in [6.07, 6.45) is 1.55. The summed E-state index contributed by atoms with van der Waals surface area (Å²) >= 11 is 0. The highest BCUT2D eigenvalue weighted by atomic mass is 16.4. The summed E-state index contributed by atoms with van der Waals surface area (Å²) < 4.78 is 0. The second-order valence-corrected chi connectivity index (χ2v) is 2.96. The fourth-order valence-electron chi connectivity index (χ4n) is 1.09. The normalized spacial score (nSPS) is 12.1. The molecule has 4 N–H and O–H groups in total. The molecular formula is C9H12N2O4. The van der Waals surface area contributed by atoms with Crippen molar-refractivity contribution in [2.75, 3.05) is 6.61 Å². The predicted molar refractivity (Wildman–Crippen MR) is 51.4 cm³/mol. The van der Waals surface area contributed by atoms with Crippen molar-refractivity contribution in [3.05, 3.63) is 24.0 Å². The van der Waals surface area contributed by atoms with Crippen LogP contribution in [-0.2, 0) is 4.79 Å². The molecule has 0 aromatic carbocycles. The monoisotopic (exact) mass is 212 g/mol. The number of hydrogen-bond acceptors (Lipinski definition) is 3. The third-order valence-electron chi connectivity index (χ3n) is 1.86. The number of carbonyl (C=O) groups excluding carboxylic acids is 1. The number of aliphatic carboxylic acids is 1. The van der Waals surface area contributed by atoms with Crippen LogP contribution in [0.25, 0.3) is 0 Å². The molecule has 0 saturated carbocycles. The molecule has 1 aromatic rings. The van der Waals surface area contributed by atoms with E-state index in [4.69, 9.17) is 10.2 Å². The standard InChI is InChI=1S/C9H12N2O4/c12-5-3-7(9(14)15)11-8(13)6-2-1-4-10-6/h1-2,4,7,10,12H,3,5H2,(H,11,13)(H,14,15). The first-order valence-corrected chi connectivity index (χ1v) is 4.43. The van der Waals surface area contributed by atoms with Gasteiger partial charge in [0.1, 0.15) is 11.7 Å². The Bertz CT molecular complexity index is 334. The third kappa shape index (κ3) is 3.10. The van der Waals surface area contributed by atoms with Crippen LogP contribution < -0.4 is 5.32 Å². The van der Waals surface area contributed by atoms with Crippen molar-refractivity contribution >= 4 is 11.9 Å². The Morgan fingerprint density at radius 3 is 2.73 bits per heavy atom. The number of nitrogens with one attached hydrogen (secondary N) is 2. The zero-order chi connectivity index (χ0) is 11.3. The summed E-state index contributed by atoms with van der Waals surface area (Å²) in [7, 11) is 0. The molecule has 82 valence electrons. The van der Waals surface area contributed by atoms with Crippen molar-refractivity contribution in [1.82, 2.24) is 10.3 Å². The van der Waals surface area contributed by atoms with Gasteiger partial charge in [-0.3, -0.25) is 4.79 Å². The molecule has 1 rings (SSSR count). The second kappa shape index (κ2) is 5.16. The summed E-state index contributed by atoms with van der Waals surface area (Å²) in [5.41, 5.74) is 0.291. The number of carboxylic acids is 1. The van der Waals surface area contributed by atoms with Gasteiger partial charge in [-0.25, -0.2) is 4.79 Å². The highest BCUT2D eigenvalue weighted by molar-refractivity contribution is 5.94. The quantitative estimate of drug-likeness (QED) is 0.532. The number of aliphatic hydroxyl groups is 1. The molecule has 6 nitrogen and oxygen atoms in total. The number of carboxylic acid groups (broad SMARTS) is 1. The lowest BCUT2D eigenvalue weighted by molar-refractivity contribution is -0.139. The Labute approximate surface area is 85.9 Å². The lowest BCUT2D eigenvalue weighted by Gasteiger charge is -2.12. The molecular weight excluding hydrogens is 200 g/mol. The van der Waals surface area contributed by atoms with Crippen molar-refractivity contribution in [2.45, 2.75) is 12.5 Å². The summed E-state index contributed by atoms with van der Waals surface area (Å²) in [4.78, 5) is 24.7. The van der Waals surface area contributed by atoms with Crippen LogP contribution in [0.3, 0.4) is 0 Å². The molecule has 0 fully saturated rings. The predicted octanol–water partition coefficient (Wildman–Crippen LogP) is -0.420. The molecule has 0 saturated heterocycles. The molecule has 0 aliphatic carbocycles. The molecule has 1 unspecified atom stereocenters. The van der Waals surface area contributed by atoms with Crippen molar-refractivity contribution in [1.29, 1.82) is 0 Å². The Morgan fingerprint density at radius 1 is 1.53 bits per heavy atom. The fourth-order valence-corrected chi connectivity index (χ4v) is 1.09. The zero-order valence-corrected chi connectivity index (χ0v) is 7.93. The van der Waals surface area contributed by atoms with Crippen molar-refractivity contribution in [3.63, 3.8) is 0 Å². The van der Waals surface area contributed by atoms with Gasteiger partial charge in [0.15, 0.2) is 0 Å². The highest BCUT2D eigenvalue weighted by Crippen LogP contribution is 1.97. The lowest BCUT2D eigenvalue weighted by atomic mass is 10.2. The smallest absolute Gasteiger partial charge is 0.326 e. The zero-order valence-electron chi connectivity index (χ0n) is 7.93. The van der Waals surface area contributed by atoms with E-state index in [1.165, 1.54) is 6.07 Å². The van der Waals surface area contributed by atoms with E-state index in [1.807, 2.05) is 0 Å². The van der Waals surface area contributed by atoms with Gasteiger partial charge in [0.05, 0.1) is 0 Å². The number of H-pyrrole nitrogens is 1. The molecule has 1 heterocycles. The van der Waals surface area contributed by atoms with Crippen molar-refractivity contribution in [2.24, 2.45) is 0 Å². The molecule has 15 heavy (non-hydrogen) atoms. The van der Waals surface area contributed by atoms with Gasteiger partial charge in [-0.15, -0.1) is 0 Å². The Morgan fingerprint density at radius 2 is 2.27 bits per heavy atom. The highest BCUT2D eigenvalue weighted by Gasteiger charge is 2.19. The SMILES string of the molecule is O=C(NC(CCO)C(=O)O)c1ccc[nH]1. The Hall–Kier alpha value is -1.82. The number of carbonyl (C=O) groups is 2. The van der Waals surface area contributed by atoms with E-state index < -0.39 is 17.9 Å². The molecule has 1 amide bonds. The third-order valence-corrected chi connectivity index (χ3v) is 1.86. The first-order valence-electron chi connectivity index (χ1n) is 4.43. The van der Waals surface area contributed by atoms with E-state index in [-0.39, 0.29) is 13.0 Å². The van der Waals surface area contributed by atoms with Gasteiger partial charge in [-0.05, 0) is 12.1 Å². The summed E-state index contributed by atoms with van der Waals surface area (Å²) in [6.45, 7) is -0.290. The first kappa shape index (κ1) is 11.3. The number of aromatic nitrogens is 1. The first-order chi connectivity index (χ1) is 7.15. The molecule has 0 aliphatic rings. The van der Waals surface area contributed by atoms with E-state index in [9.17, 15) is 9.59 Å². The van der Waals surface area contributed by atoms with Crippen LogP contribution in [0.1, 0.15) is 16.9 Å². The van der Waals surface area contributed by atoms with Gasteiger partial charge in [-0.1, -0.05) is 0 Å². The minimum Gasteiger partial charge on any atom is -0.480 e. The van der Waals surface area contributed by atoms with Gasteiger partial charge >= 0.3 is 5.97 Å². The summed E-state index contributed by atoms with van der Waals surface area (Å²) in [5, 5.41) is 19.6. The number of hydrogen-bond donors (Lipinski definition) is 4. The maximum atomic E-state index is 11.4. The minimum atomic E-state index is -1.16. The van der Waals surface area contributed by atoms with Crippen LogP contribution in [0.2, 0.25) is 0 Å². The van der Waals surface area contributed by atoms with E-state index in [0.717, 1.165) is 0 Å². The second-order valence-electron chi connectivity index (χ2n) is 2.96. The molecule has 0 spiro atoms. The van der Waals surface area contributed by atoms with Gasteiger partial charge in [0.2, 0.25) is 0 Å². The van der Waals surface area contributed by atoms with Gasteiger partial charge < -0.3 is 20.5 Å². The average molecular weight is 212 g/mol. The lowest BCUT2D eigenvalue weighted by Crippen LogP contribution is -2.41. The van der Waals surface area contributed by atoms with Crippen LogP contribution in [0.4, 0.5) is 0 Å². The molecule has 0 aliphatic heterocycles. The molecule has 0 radical (unpaired) electrons. The van der Waals surface area contributed by atoms with E-state index in [2.05, 4.69) is 10.3 Å². The minimum absolute atomic E-state index is 0.0121. The summed E-state index contributed by atoms with van der Waals surface area (Å²) in [6, 6.07) is 2.11. The Balaban J connectivity index is 2.59. The summed E-state index contributed by atoms with van der Waals surface area (Å²) in [5.74, 6) is -1.66. The maximum absolute atomic E-state index is 11.4. The van der Waals surface area contributed by atoms with Crippen molar-refractivity contribution < 1.29 is 19.8 Å². The van der Waals surface area contributed by atoms with Crippen molar-refractivity contribution in [3.8, 4) is 0 Å². The van der Waals surface area contributed by atoms with E-state index >= 15 is 0 Å². The fraction of sp³-hybridized carbons (Fsp3) is 0.333. The van der Waals surface area contributed by atoms with Crippen LogP contribution in [-0.4, -0.2) is 39.7 Å². The van der Waals surface area contributed by atoms with Gasteiger partial charge in [-0.2, -0.15) is 0 Å². The number of aromatic amines is 1.